The summed E-state index contributed by atoms with van der Waals surface area (Å²) in [5.74, 6) is 2.69. The standard InChI is InChI=1S/C28H29NO6/c1-31-22-13-14-23(29-27(30)15-12-20-8-6-7-9-24(20)32-2)21(18-22)11-10-19-16-25(33-3)28(35-5)26(17-19)34-4/h6-18H,1-5H3,(H,29,30)/b11-10?,15-12+. The lowest BCUT2D eigenvalue weighted by atomic mass is 10.1. The third kappa shape index (κ3) is 6.35. The summed E-state index contributed by atoms with van der Waals surface area (Å²) < 4.78 is 27.0. The molecule has 182 valence electrons. The topological polar surface area (TPSA) is 75.3 Å². The smallest absolute Gasteiger partial charge is 0.248 e. The number of ether oxygens (including phenoxy) is 5. The van der Waals surface area contributed by atoms with E-state index in [2.05, 4.69) is 5.32 Å². The molecule has 0 atom stereocenters. The number of carbonyl (C=O) groups is 1. The first-order chi connectivity index (χ1) is 17.0. The summed E-state index contributed by atoms with van der Waals surface area (Å²) in [6.45, 7) is 0. The van der Waals surface area contributed by atoms with Gasteiger partial charge in [0, 0.05) is 22.9 Å². The van der Waals surface area contributed by atoms with Crippen molar-refractivity contribution in [2.24, 2.45) is 0 Å². The van der Waals surface area contributed by atoms with Gasteiger partial charge >= 0.3 is 0 Å². The van der Waals surface area contributed by atoms with Crippen LogP contribution in [-0.2, 0) is 4.79 Å². The van der Waals surface area contributed by atoms with E-state index in [1.165, 1.54) is 6.08 Å². The molecule has 0 bridgehead atoms. The van der Waals surface area contributed by atoms with E-state index in [4.69, 9.17) is 23.7 Å². The molecule has 0 aliphatic heterocycles. The van der Waals surface area contributed by atoms with Crippen molar-refractivity contribution in [2.75, 3.05) is 40.9 Å². The zero-order chi connectivity index (χ0) is 25.2. The lowest BCUT2D eigenvalue weighted by Crippen LogP contribution is -2.09. The van der Waals surface area contributed by atoms with Crippen LogP contribution in [0.4, 0.5) is 5.69 Å². The summed E-state index contributed by atoms with van der Waals surface area (Å²) >= 11 is 0. The quantitative estimate of drug-likeness (QED) is 0.306. The Hall–Kier alpha value is -4.39. The van der Waals surface area contributed by atoms with Crippen LogP contribution in [0, 0.1) is 0 Å². The zero-order valence-electron chi connectivity index (χ0n) is 20.5. The molecule has 35 heavy (non-hydrogen) atoms. The van der Waals surface area contributed by atoms with Crippen LogP contribution in [-0.4, -0.2) is 41.5 Å². The normalized spacial score (nSPS) is 10.9. The summed E-state index contributed by atoms with van der Waals surface area (Å²) in [6.07, 6.45) is 6.94. The molecule has 0 aliphatic rings. The van der Waals surface area contributed by atoms with Gasteiger partial charge in [0.2, 0.25) is 11.7 Å². The molecule has 0 aromatic heterocycles. The predicted molar refractivity (Wildman–Crippen MR) is 139 cm³/mol. The number of hydrogen-bond donors (Lipinski definition) is 1. The third-order valence-corrected chi connectivity index (χ3v) is 5.21. The molecule has 0 unspecified atom stereocenters. The Morgan fingerprint density at radius 3 is 2.00 bits per heavy atom. The van der Waals surface area contributed by atoms with Crippen LogP contribution in [0.15, 0.2) is 60.7 Å². The highest BCUT2D eigenvalue weighted by molar-refractivity contribution is 6.03. The van der Waals surface area contributed by atoms with Crippen molar-refractivity contribution in [2.45, 2.75) is 0 Å². The van der Waals surface area contributed by atoms with Crippen molar-refractivity contribution in [3.05, 3.63) is 77.4 Å². The number of anilines is 1. The third-order valence-electron chi connectivity index (χ3n) is 5.21. The second-order valence-corrected chi connectivity index (χ2v) is 7.31. The molecule has 1 N–H and O–H groups in total. The first-order valence-electron chi connectivity index (χ1n) is 10.8. The van der Waals surface area contributed by atoms with Crippen LogP contribution < -0.4 is 29.0 Å². The summed E-state index contributed by atoms with van der Waals surface area (Å²) in [6, 6.07) is 16.6. The highest BCUT2D eigenvalue weighted by atomic mass is 16.5. The predicted octanol–water partition coefficient (Wildman–Crippen LogP) is 5.55. The Morgan fingerprint density at radius 1 is 0.686 bits per heavy atom. The van der Waals surface area contributed by atoms with Crippen LogP contribution in [0.2, 0.25) is 0 Å². The van der Waals surface area contributed by atoms with Gasteiger partial charge in [0.25, 0.3) is 0 Å². The van der Waals surface area contributed by atoms with E-state index in [1.54, 1.807) is 53.8 Å². The van der Waals surface area contributed by atoms with E-state index in [9.17, 15) is 4.79 Å². The molecule has 0 spiro atoms. The maximum absolute atomic E-state index is 12.7. The maximum atomic E-state index is 12.7. The number of carbonyl (C=O) groups excluding carboxylic acids is 1. The Balaban J connectivity index is 1.88. The van der Waals surface area contributed by atoms with Gasteiger partial charge in [-0.25, -0.2) is 0 Å². The average Bonchev–Trinajstić information content (AvgIpc) is 2.90. The van der Waals surface area contributed by atoms with Gasteiger partial charge in [-0.15, -0.1) is 0 Å². The van der Waals surface area contributed by atoms with Crippen LogP contribution in [0.3, 0.4) is 0 Å². The monoisotopic (exact) mass is 475 g/mol. The Labute approximate surface area is 205 Å². The minimum Gasteiger partial charge on any atom is -0.497 e. The first kappa shape index (κ1) is 25.2. The van der Waals surface area contributed by atoms with Crippen LogP contribution >= 0.6 is 0 Å². The van der Waals surface area contributed by atoms with Gasteiger partial charge in [-0.3, -0.25) is 4.79 Å². The van der Waals surface area contributed by atoms with Crippen molar-refractivity contribution < 1.29 is 28.5 Å². The fraction of sp³-hybridized carbons (Fsp3) is 0.179. The minimum atomic E-state index is -0.275. The molecule has 0 heterocycles. The number of amides is 1. The van der Waals surface area contributed by atoms with Crippen LogP contribution in [0.1, 0.15) is 16.7 Å². The Morgan fingerprint density at radius 2 is 1.37 bits per heavy atom. The molecule has 3 aromatic rings. The summed E-state index contributed by atoms with van der Waals surface area (Å²) in [5, 5.41) is 2.93. The van der Waals surface area contributed by atoms with E-state index in [0.29, 0.717) is 34.4 Å². The van der Waals surface area contributed by atoms with Gasteiger partial charge in [-0.1, -0.05) is 30.4 Å². The number of methoxy groups -OCH3 is 5. The highest BCUT2D eigenvalue weighted by Gasteiger charge is 2.12. The van der Waals surface area contributed by atoms with E-state index in [1.807, 2.05) is 54.6 Å². The Kier molecular flexibility index (Phi) is 8.78. The van der Waals surface area contributed by atoms with E-state index in [-0.39, 0.29) is 5.91 Å². The highest BCUT2D eigenvalue weighted by Crippen LogP contribution is 2.38. The van der Waals surface area contributed by atoms with Gasteiger partial charge in [0.15, 0.2) is 11.5 Å². The van der Waals surface area contributed by atoms with Gasteiger partial charge < -0.3 is 29.0 Å². The molecule has 1 amide bonds. The van der Waals surface area contributed by atoms with E-state index >= 15 is 0 Å². The van der Waals surface area contributed by atoms with Crippen molar-refractivity contribution >= 4 is 29.8 Å². The molecule has 0 fully saturated rings. The van der Waals surface area contributed by atoms with Gasteiger partial charge in [0.1, 0.15) is 11.5 Å². The molecule has 0 aliphatic carbocycles. The van der Waals surface area contributed by atoms with E-state index < -0.39 is 0 Å². The summed E-state index contributed by atoms with van der Waals surface area (Å²) in [4.78, 5) is 12.7. The van der Waals surface area contributed by atoms with Crippen LogP contribution in [0.25, 0.3) is 18.2 Å². The number of para-hydroxylation sites is 1. The SMILES string of the molecule is COc1ccc(NC(=O)/C=C/c2ccccc2OC)c(C=Cc2cc(OC)c(OC)c(OC)c2)c1. The largest absolute Gasteiger partial charge is 0.497 e. The molecule has 3 aromatic carbocycles. The van der Waals surface area contributed by atoms with Gasteiger partial charge in [-0.2, -0.15) is 0 Å². The summed E-state index contributed by atoms with van der Waals surface area (Å²) in [5.41, 5.74) is 3.03. The summed E-state index contributed by atoms with van der Waals surface area (Å²) in [7, 11) is 7.88. The number of hydrogen-bond acceptors (Lipinski definition) is 6. The average molecular weight is 476 g/mol. The molecule has 7 heteroatoms. The lowest BCUT2D eigenvalue weighted by Gasteiger charge is -2.13. The fourth-order valence-electron chi connectivity index (χ4n) is 3.45. The second kappa shape index (κ2) is 12.2. The number of rotatable bonds is 10. The van der Waals surface area contributed by atoms with Crippen molar-refractivity contribution in [1.82, 2.24) is 0 Å². The molecule has 7 nitrogen and oxygen atoms in total. The lowest BCUT2D eigenvalue weighted by molar-refractivity contribution is -0.111. The molecule has 0 radical (unpaired) electrons. The second-order valence-electron chi connectivity index (χ2n) is 7.31. The van der Waals surface area contributed by atoms with Crippen LogP contribution in [0.5, 0.6) is 28.7 Å². The maximum Gasteiger partial charge on any atom is 0.248 e. The molecule has 0 saturated heterocycles. The Bertz CT molecular complexity index is 1210. The van der Waals surface area contributed by atoms with Gasteiger partial charge in [0.05, 0.1) is 35.5 Å². The molecular weight excluding hydrogens is 446 g/mol. The molecule has 0 saturated carbocycles. The molecular formula is C28H29NO6. The molecule has 3 rings (SSSR count). The van der Waals surface area contributed by atoms with E-state index in [0.717, 1.165) is 16.7 Å². The fourth-order valence-corrected chi connectivity index (χ4v) is 3.45. The number of benzene rings is 3. The minimum absolute atomic E-state index is 0.275. The first-order valence-corrected chi connectivity index (χ1v) is 10.8. The van der Waals surface area contributed by atoms with Gasteiger partial charge in [-0.05, 0) is 48.0 Å². The number of nitrogens with one attached hydrogen (secondary N) is 1. The van der Waals surface area contributed by atoms with Crippen molar-refractivity contribution in [3.63, 3.8) is 0 Å². The van der Waals surface area contributed by atoms with Crippen molar-refractivity contribution in [1.29, 1.82) is 0 Å². The zero-order valence-corrected chi connectivity index (χ0v) is 20.5. The van der Waals surface area contributed by atoms with Crippen molar-refractivity contribution in [3.8, 4) is 28.7 Å².